The molecule has 0 spiro atoms. The number of piperidine rings is 1. The molecule has 9 nitrogen and oxygen atoms in total. The highest BCUT2D eigenvalue weighted by atomic mass is 16.2. The number of aromatic amines is 1. The summed E-state index contributed by atoms with van der Waals surface area (Å²) in [6.07, 6.45) is 4.31. The first kappa shape index (κ1) is 23.2. The molecule has 1 saturated carbocycles. The molecule has 2 fully saturated rings. The summed E-state index contributed by atoms with van der Waals surface area (Å²) in [5.41, 5.74) is 4.34. The van der Waals surface area contributed by atoms with Gasteiger partial charge in [-0.3, -0.25) is 9.59 Å². The Morgan fingerprint density at radius 3 is 2.69 bits per heavy atom. The largest absolute Gasteiger partial charge is 0.359 e. The van der Waals surface area contributed by atoms with E-state index in [2.05, 4.69) is 32.4 Å². The zero-order valence-electron chi connectivity index (χ0n) is 21.2. The molecule has 190 valence electrons. The van der Waals surface area contributed by atoms with Crippen molar-refractivity contribution >= 4 is 22.7 Å². The predicted octanol–water partition coefficient (Wildman–Crippen LogP) is 2.82. The highest BCUT2D eigenvalue weighted by Gasteiger charge is 2.39. The van der Waals surface area contributed by atoms with Crippen LogP contribution in [-0.2, 0) is 17.9 Å². The van der Waals surface area contributed by atoms with Gasteiger partial charge >= 0.3 is 0 Å². The standard InChI is InChI=1S/C27H35N7O2/c1-3-32-10-8-21(9-11-32)29-26(35)22-15-33(16-24-25(22)34(31-30-24)14-18-4-5-18)27(36)19-6-7-23-20(13-19)12-17(2)28-23/h6-7,12-13,18,21-22,28H,3-5,8-11,14-16H2,1-2H3,(H,29,35). The second-order valence-corrected chi connectivity index (χ2v) is 10.8. The average Bonchev–Trinajstić information content (AvgIpc) is 3.49. The Bertz CT molecular complexity index is 1280. The van der Waals surface area contributed by atoms with Gasteiger partial charge in [-0.25, -0.2) is 4.68 Å². The first-order valence-corrected chi connectivity index (χ1v) is 13.3. The molecule has 2 aromatic heterocycles. The summed E-state index contributed by atoms with van der Waals surface area (Å²) in [5, 5.41) is 13.2. The van der Waals surface area contributed by atoms with Crippen molar-refractivity contribution in [1.82, 2.24) is 35.1 Å². The van der Waals surface area contributed by atoms with Crippen LogP contribution in [0.4, 0.5) is 0 Å². The van der Waals surface area contributed by atoms with Gasteiger partial charge in [-0.05, 0) is 69.3 Å². The van der Waals surface area contributed by atoms with Crippen molar-refractivity contribution in [3.8, 4) is 0 Å². The Hall–Kier alpha value is -3.20. The highest BCUT2D eigenvalue weighted by molar-refractivity contribution is 5.99. The number of fused-ring (bicyclic) bond motifs is 2. The van der Waals surface area contributed by atoms with E-state index in [0.29, 0.717) is 24.6 Å². The van der Waals surface area contributed by atoms with Crippen molar-refractivity contribution in [2.24, 2.45) is 5.92 Å². The van der Waals surface area contributed by atoms with Gasteiger partial charge < -0.3 is 20.1 Å². The summed E-state index contributed by atoms with van der Waals surface area (Å²) >= 11 is 0. The first-order chi connectivity index (χ1) is 17.5. The maximum absolute atomic E-state index is 13.7. The second kappa shape index (κ2) is 9.35. The molecule has 9 heteroatoms. The Balaban J connectivity index is 1.25. The molecule has 6 rings (SSSR count). The lowest BCUT2D eigenvalue weighted by atomic mass is 9.95. The van der Waals surface area contributed by atoms with Gasteiger partial charge in [-0.1, -0.05) is 12.1 Å². The maximum Gasteiger partial charge on any atom is 0.254 e. The number of amides is 2. The molecule has 1 saturated heterocycles. The first-order valence-electron chi connectivity index (χ1n) is 13.3. The lowest BCUT2D eigenvalue weighted by molar-refractivity contribution is -0.124. The van der Waals surface area contributed by atoms with E-state index in [1.807, 2.05) is 35.9 Å². The van der Waals surface area contributed by atoms with Gasteiger partial charge in [-0.15, -0.1) is 5.10 Å². The number of nitrogens with one attached hydrogen (secondary N) is 2. The van der Waals surface area contributed by atoms with Gasteiger partial charge in [0.15, 0.2) is 0 Å². The smallest absolute Gasteiger partial charge is 0.254 e. The van der Waals surface area contributed by atoms with Crippen LogP contribution in [0.15, 0.2) is 24.3 Å². The third-order valence-corrected chi connectivity index (χ3v) is 8.04. The molecule has 0 radical (unpaired) electrons. The van der Waals surface area contributed by atoms with Crippen LogP contribution in [0.25, 0.3) is 10.9 Å². The quantitative estimate of drug-likeness (QED) is 0.555. The van der Waals surface area contributed by atoms with Crippen LogP contribution >= 0.6 is 0 Å². The van der Waals surface area contributed by atoms with E-state index in [0.717, 1.165) is 67.0 Å². The van der Waals surface area contributed by atoms with E-state index in [4.69, 9.17) is 0 Å². The Morgan fingerprint density at radius 1 is 1.14 bits per heavy atom. The van der Waals surface area contributed by atoms with E-state index in [-0.39, 0.29) is 17.9 Å². The van der Waals surface area contributed by atoms with Crippen molar-refractivity contribution in [2.75, 3.05) is 26.2 Å². The maximum atomic E-state index is 13.7. The molecule has 1 aromatic carbocycles. The number of carbonyl (C=O) groups is 2. The third-order valence-electron chi connectivity index (χ3n) is 8.04. The number of hydrogen-bond acceptors (Lipinski definition) is 5. The number of hydrogen-bond donors (Lipinski definition) is 2. The second-order valence-electron chi connectivity index (χ2n) is 10.8. The van der Waals surface area contributed by atoms with E-state index in [9.17, 15) is 9.59 Å². The molecule has 2 amide bonds. The fourth-order valence-electron chi connectivity index (χ4n) is 5.73. The van der Waals surface area contributed by atoms with Gasteiger partial charge in [0.25, 0.3) is 5.91 Å². The number of aryl methyl sites for hydroxylation is 1. The molecular weight excluding hydrogens is 454 g/mol. The molecule has 0 bridgehead atoms. The SMILES string of the molecule is CCN1CCC(NC(=O)C2CN(C(=O)c3ccc4[nH]c(C)cc4c3)Cc3nnn(CC4CC4)c32)CC1. The van der Waals surface area contributed by atoms with Crippen LogP contribution in [0.3, 0.4) is 0 Å². The normalized spacial score (nSPS) is 21.1. The molecule has 1 unspecified atom stereocenters. The topological polar surface area (TPSA) is 99.2 Å². The Kier molecular flexibility index (Phi) is 6.03. The summed E-state index contributed by atoms with van der Waals surface area (Å²) in [5.74, 6) is 0.0647. The zero-order chi connectivity index (χ0) is 24.8. The highest BCUT2D eigenvalue weighted by Crippen LogP contribution is 2.34. The van der Waals surface area contributed by atoms with E-state index in [1.165, 1.54) is 12.8 Å². The molecule has 4 heterocycles. The zero-order valence-corrected chi connectivity index (χ0v) is 21.2. The number of H-pyrrole nitrogens is 1. The third kappa shape index (κ3) is 4.52. The summed E-state index contributed by atoms with van der Waals surface area (Å²) in [4.78, 5) is 34.8. The summed E-state index contributed by atoms with van der Waals surface area (Å²) < 4.78 is 1.94. The molecule has 2 N–H and O–H groups in total. The molecule has 36 heavy (non-hydrogen) atoms. The molecule has 2 aliphatic heterocycles. The monoisotopic (exact) mass is 489 g/mol. The molecule has 1 atom stereocenters. The van der Waals surface area contributed by atoms with Gasteiger partial charge in [0, 0.05) is 54.4 Å². The minimum Gasteiger partial charge on any atom is -0.359 e. The average molecular weight is 490 g/mol. The fraction of sp³-hybridized carbons (Fsp3) is 0.556. The van der Waals surface area contributed by atoms with Gasteiger partial charge in [0.2, 0.25) is 5.91 Å². The predicted molar refractivity (Wildman–Crippen MR) is 137 cm³/mol. The summed E-state index contributed by atoms with van der Waals surface area (Å²) in [6, 6.07) is 7.95. The molecule has 3 aliphatic rings. The number of benzene rings is 1. The van der Waals surface area contributed by atoms with E-state index >= 15 is 0 Å². The van der Waals surface area contributed by atoms with Crippen LogP contribution in [0.2, 0.25) is 0 Å². The lowest BCUT2D eigenvalue weighted by Gasteiger charge is -2.35. The van der Waals surface area contributed by atoms with Crippen molar-refractivity contribution in [1.29, 1.82) is 0 Å². The Morgan fingerprint density at radius 2 is 1.94 bits per heavy atom. The van der Waals surface area contributed by atoms with Crippen molar-refractivity contribution < 1.29 is 9.59 Å². The minimum atomic E-state index is -0.464. The van der Waals surface area contributed by atoms with Crippen LogP contribution in [0.5, 0.6) is 0 Å². The molecular formula is C27H35N7O2. The van der Waals surface area contributed by atoms with Crippen LogP contribution < -0.4 is 5.32 Å². The number of likely N-dealkylation sites (tertiary alicyclic amines) is 1. The van der Waals surface area contributed by atoms with Crippen molar-refractivity contribution in [2.45, 2.75) is 64.6 Å². The number of nitrogens with zero attached hydrogens (tertiary/aromatic N) is 5. The van der Waals surface area contributed by atoms with E-state index in [1.54, 1.807) is 4.90 Å². The van der Waals surface area contributed by atoms with Crippen molar-refractivity contribution in [3.63, 3.8) is 0 Å². The number of aromatic nitrogens is 4. The molecule has 3 aromatic rings. The Labute approximate surface area is 211 Å². The van der Waals surface area contributed by atoms with Gasteiger partial charge in [0.1, 0.15) is 5.69 Å². The van der Waals surface area contributed by atoms with Crippen LogP contribution in [0.1, 0.15) is 66.0 Å². The van der Waals surface area contributed by atoms with E-state index < -0.39 is 5.92 Å². The summed E-state index contributed by atoms with van der Waals surface area (Å²) in [7, 11) is 0. The van der Waals surface area contributed by atoms with Gasteiger partial charge in [0.05, 0.1) is 18.2 Å². The van der Waals surface area contributed by atoms with Gasteiger partial charge in [-0.2, -0.15) is 0 Å². The lowest BCUT2D eigenvalue weighted by Crippen LogP contribution is -2.49. The number of carbonyl (C=O) groups excluding carboxylic acids is 2. The van der Waals surface area contributed by atoms with Crippen LogP contribution in [0, 0.1) is 12.8 Å². The van der Waals surface area contributed by atoms with Crippen LogP contribution in [-0.4, -0.2) is 73.8 Å². The fourth-order valence-corrected chi connectivity index (χ4v) is 5.73. The summed E-state index contributed by atoms with van der Waals surface area (Å²) in [6.45, 7) is 8.76. The minimum absolute atomic E-state index is 0.0141. The van der Waals surface area contributed by atoms with Crippen molar-refractivity contribution in [3.05, 3.63) is 46.9 Å². The number of rotatable bonds is 6. The molecule has 1 aliphatic carbocycles.